The van der Waals surface area contributed by atoms with Crippen LogP contribution in [0.25, 0.3) is 0 Å². The lowest BCUT2D eigenvalue weighted by molar-refractivity contribution is -0.114. The Bertz CT molecular complexity index is 293. The molecule has 0 N–H and O–H groups in total. The van der Waals surface area contributed by atoms with Gasteiger partial charge in [-0.3, -0.25) is 4.79 Å². The Labute approximate surface area is 78.4 Å². The Morgan fingerprint density at radius 3 is 2.17 bits per heavy atom. The Morgan fingerprint density at radius 1 is 1.25 bits per heavy atom. The molecule has 0 radical (unpaired) electrons. The van der Waals surface area contributed by atoms with Crippen molar-refractivity contribution in [3.63, 3.8) is 0 Å². The van der Waals surface area contributed by atoms with E-state index in [9.17, 15) is 4.79 Å². The molecule has 0 aromatic rings. The SMILES string of the molecule is N#CC(C#N)=C1SCC(=O)CS1. The largest absolute Gasteiger partial charge is 0.298 e. The van der Waals surface area contributed by atoms with Crippen molar-refractivity contribution in [3.05, 3.63) is 9.81 Å². The van der Waals surface area contributed by atoms with Crippen LogP contribution in [0.5, 0.6) is 0 Å². The van der Waals surface area contributed by atoms with Gasteiger partial charge in [-0.2, -0.15) is 10.5 Å². The molecule has 0 aliphatic carbocycles. The summed E-state index contributed by atoms with van der Waals surface area (Å²) in [4.78, 5) is 10.8. The van der Waals surface area contributed by atoms with Crippen LogP contribution in [0.2, 0.25) is 0 Å². The van der Waals surface area contributed by atoms with Crippen LogP contribution in [0, 0.1) is 22.7 Å². The molecule has 0 unspecified atom stereocenters. The molecule has 0 saturated carbocycles. The molecule has 60 valence electrons. The fourth-order valence-corrected chi connectivity index (χ4v) is 2.71. The summed E-state index contributed by atoms with van der Waals surface area (Å²) in [7, 11) is 0. The van der Waals surface area contributed by atoms with Crippen LogP contribution < -0.4 is 0 Å². The van der Waals surface area contributed by atoms with E-state index in [0.29, 0.717) is 15.7 Å². The Morgan fingerprint density at radius 2 is 1.75 bits per heavy atom. The van der Waals surface area contributed by atoms with E-state index >= 15 is 0 Å². The second-order valence-corrected chi connectivity index (χ2v) is 4.23. The smallest absolute Gasteiger partial charge is 0.153 e. The third kappa shape index (κ3) is 2.04. The van der Waals surface area contributed by atoms with E-state index in [0.717, 1.165) is 0 Å². The van der Waals surface area contributed by atoms with Gasteiger partial charge in [0.25, 0.3) is 0 Å². The van der Waals surface area contributed by atoms with Crippen molar-refractivity contribution in [1.29, 1.82) is 10.5 Å². The maximum Gasteiger partial charge on any atom is 0.153 e. The van der Waals surface area contributed by atoms with Crippen LogP contribution in [-0.2, 0) is 4.79 Å². The van der Waals surface area contributed by atoms with E-state index < -0.39 is 0 Å². The number of Topliss-reactive ketones (excluding diaryl/α,β-unsaturated/α-hetero) is 1. The Hall–Kier alpha value is -0.910. The van der Waals surface area contributed by atoms with Gasteiger partial charge in [0.05, 0.1) is 15.7 Å². The number of nitriles is 2. The van der Waals surface area contributed by atoms with Crippen LogP contribution in [0.15, 0.2) is 9.81 Å². The summed E-state index contributed by atoms with van der Waals surface area (Å²) in [5.74, 6) is 0.925. The van der Waals surface area contributed by atoms with E-state index in [1.807, 2.05) is 0 Å². The highest BCUT2D eigenvalue weighted by Crippen LogP contribution is 2.35. The van der Waals surface area contributed by atoms with Gasteiger partial charge in [0, 0.05) is 0 Å². The molecular formula is C7H4N2OS2. The molecule has 3 nitrogen and oxygen atoms in total. The monoisotopic (exact) mass is 196 g/mol. The summed E-state index contributed by atoms with van der Waals surface area (Å²) in [5.41, 5.74) is 0.123. The van der Waals surface area contributed by atoms with Crippen molar-refractivity contribution in [3.8, 4) is 12.1 Å². The molecule has 0 aromatic carbocycles. The van der Waals surface area contributed by atoms with Crippen LogP contribution in [-0.4, -0.2) is 17.3 Å². The first-order valence-corrected chi connectivity index (χ1v) is 5.07. The fraction of sp³-hybridized carbons (Fsp3) is 0.286. The Kier molecular flexibility index (Phi) is 3.21. The quantitative estimate of drug-likeness (QED) is 0.546. The first kappa shape index (κ1) is 9.18. The third-order valence-corrected chi connectivity index (χ3v) is 3.73. The fourth-order valence-electron chi connectivity index (χ4n) is 0.636. The van der Waals surface area contributed by atoms with Crippen molar-refractivity contribution in [2.45, 2.75) is 0 Å². The lowest BCUT2D eigenvalue weighted by Gasteiger charge is -2.10. The molecule has 0 atom stereocenters. The third-order valence-electron chi connectivity index (χ3n) is 1.16. The summed E-state index contributed by atoms with van der Waals surface area (Å²) in [5, 5.41) is 17.0. The van der Waals surface area contributed by atoms with E-state index in [2.05, 4.69) is 0 Å². The van der Waals surface area contributed by atoms with Gasteiger partial charge in [0.15, 0.2) is 5.78 Å². The molecule has 0 bridgehead atoms. The highest BCUT2D eigenvalue weighted by Gasteiger charge is 2.17. The number of hydrogen-bond acceptors (Lipinski definition) is 5. The Balaban J connectivity index is 2.79. The van der Waals surface area contributed by atoms with E-state index in [1.165, 1.54) is 23.5 Å². The van der Waals surface area contributed by atoms with Gasteiger partial charge >= 0.3 is 0 Å². The number of rotatable bonds is 0. The molecule has 1 rings (SSSR count). The summed E-state index contributed by atoms with van der Waals surface area (Å²) >= 11 is 2.55. The normalized spacial score (nSPS) is 16.5. The number of hydrogen-bond donors (Lipinski definition) is 0. The number of nitrogens with zero attached hydrogens (tertiary/aromatic N) is 2. The zero-order valence-corrected chi connectivity index (χ0v) is 7.67. The van der Waals surface area contributed by atoms with Gasteiger partial charge in [-0.25, -0.2) is 0 Å². The zero-order valence-electron chi connectivity index (χ0n) is 6.03. The minimum Gasteiger partial charge on any atom is -0.298 e. The standard InChI is InChI=1S/C7H4N2OS2/c8-1-5(2-9)7-11-3-6(10)4-12-7/h3-4H2. The highest BCUT2D eigenvalue weighted by atomic mass is 32.2. The van der Waals surface area contributed by atoms with Crippen LogP contribution in [0.1, 0.15) is 0 Å². The maximum absolute atomic E-state index is 10.8. The second kappa shape index (κ2) is 4.20. The minimum atomic E-state index is 0.123. The van der Waals surface area contributed by atoms with Crippen molar-refractivity contribution < 1.29 is 4.79 Å². The molecular weight excluding hydrogens is 192 g/mol. The lowest BCUT2D eigenvalue weighted by atomic mass is 10.4. The summed E-state index contributed by atoms with van der Waals surface area (Å²) in [6.45, 7) is 0. The van der Waals surface area contributed by atoms with Crippen LogP contribution in [0.4, 0.5) is 0 Å². The number of allylic oxidation sites excluding steroid dienone is 1. The maximum atomic E-state index is 10.8. The van der Waals surface area contributed by atoms with E-state index in [-0.39, 0.29) is 11.4 Å². The first-order valence-electron chi connectivity index (χ1n) is 3.09. The molecule has 1 aliphatic heterocycles. The van der Waals surface area contributed by atoms with Gasteiger partial charge in [-0.1, -0.05) is 0 Å². The first-order chi connectivity index (χ1) is 5.77. The molecule has 1 heterocycles. The molecule has 1 saturated heterocycles. The predicted molar refractivity (Wildman–Crippen MR) is 48.2 cm³/mol. The van der Waals surface area contributed by atoms with Crippen LogP contribution in [0.3, 0.4) is 0 Å². The van der Waals surface area contributed by atoms with Crippen molar-refractivity contribution in [2.75, 3.05) is 11.5 Å². The second-order valence-electron chi connectivity index (χ2n) is 2.00. The number of carbonyl (C=O) groups excluding carboxylic acids is 1. The van der Waals surface area contributed by atoms with Crippen molar-refractivity contribution in [1.82, 2.24) is 0 Å². The molecule has 0 amide bonds. The highest BCUT2D eigenvalue weighted by molar-refractivity contribution is 8.23. The van der Waals surface area contributed by atoms with Crippen molar-refractivity contribution >= 4 is 29.3 Å². The molecule has 5 heteroatoms. The van der Waals surface area contributed by atoms with Gasteiger partial charge in [0.2, 0.25) is 0 Å². The summed E-state index contributed by atoms with van der Waals surface area (Å²) in [6.07, 6.45) is 0. The van der Waals surface area contributed by atoms with Gasteiger partial charge < -0.3 is 0 Å². The number of carbonyl (C=O) groups is 1. The molecule has 1 fully saturated rings. The zero-order chi connectivity index (χ0) is 8.97. The topological polar surface area (TPSA) is 64.7 Å². The summed E-state index contributed by atoms with van der Waals surface area (Å²) < 4.78 is 0.680. The summed E-state index contributed by atoms with van der Waals surface area (Å²) in [6, 6.07) is 3.60. The predicted octanol–water partition coefficient (Wildman–Crippen LogP) is 1.29. The number of ketones is 1. The van der Waals surface area contributed by atoms with Gasteiger partial charge in [-0.05, 0) is 0 Å². The van der Waals surface area contributed by atoms with Gasteiger partial charge in [-0.15, -0.1) is 23.5 Å². The van der Waals surface area contributed by atoms with E-state index in [4.69, 9.17) is 10.5 Å². The lowest BCUT2D eigenvalue weighted by Crippen LogP contribution is -2.09. The number of thioether (sulfide) groups is 2. The molecule has 0 spiro atoms. The van der Waals surface area contributed by atoms with E-state index in [1.54, 1.807) is 12.1 Å². The van der Waals surface area contributed by atoms with Gasteiger partial charge in [0.1, 0.15) is 17.7 Å². The average Bonchev–Trinajstić information content (AvgIpc) is 2.10. The molecule has 1 aliphatic rings. The molecule has 12 heavy (non-hydrogen) atoms. The van der Waals surface area contributed by atoms with Crippen molar-refractivity contribution in [2.24, 2.45) is 0 Å². The average molecular weight is 196 g/mol. The van der Waals surface area contributed by atoms with Crippen LogP contribution >= 0.6 is 23.5 Å². The molecule has 0 aromatic heterocycles. The minimum absolute atomic E-state index is 0.123.